The third-order valence-corrected chi connectivity index (χ3v) is 3.33. The Hall–Kier alpha value is -1.68. The minimum atomic E-state index is -0.00241. The Morgan fingerprint density at radius 2 is 2.24 bits per heavy atom. The van der Waals surface area contributed by atoms with Crippen molar-refractivity contribution < 1.29 is 0 Å². The van der Waals surface area contributed by atoms with Gasteiger partial charge in [-0.3, -0.25) is 4.79 Å². The van der Waals surface area contributed by atoms with Gasteiger partial charge in [-0.25, -0.2) is 4.98 Å². The van der Waals surface area contributed by atoms with Gasteiger partial charge in [-0.2, -0.15) is 0 Å². The molecule has 1 aromatic carbocycles. The van der Waals surface area contributed by atoms with Gasteiger partial charge in [-0.05, 0) is 31.5 Å². The Kier molecular flexibility index (Phi) is 2.65. The Balaban J connectivity index is 2.19. The summed E-state index contributed by atoms with van der Waals surface area (Å²) in [6, 6.07) is 8.07. The molecule has 1 unspecified atom stereocenters. The molecule has 4 heteroatoms. The average Bonchev–Trinajstić information content (AvgIpc) is 2.39. The number of rotatable bonds is 1. The molecule has 0 aliphatic carbocycles. The van der Waals surface area contributed by atoms with Gasteiger partial charge >= 0.3 is 0 Å². The lowest BCUT2D eigenvalue weighted by atomic mass is 10.1. The third kappa shape index (κ3) is 1.85. The first-order chi connectivity index (χ1) is 8.36. The van der Waals surface area contributed by atoms with Crippen LogP contribution in [-0.2, 0) is 0 Å². The molecule has 0 saturated carbocycles. The molecule has 2 heterocycles. The van der Waals surface area contributed by atoms with E-state index in [9.17, 15) is 4.79 Å². The topological polar surface area (TPSA) is 46.9 Å². The normalized spacial score (nSPS) is 20.6. The van der Waals surface area contributed by atoms with Gasteiger partial charge in [0.2, 0.25) is 0 Å². The second kappa shape index (κ2) is 4.30. The summed E-state index contributed by atoms with van der Waals surface area (Å²) in [5.74, 6) is 0. The zero-order valence-corrected chi connectivity index (χ0v) is 9.60. The number of piperidine rings is 1. The molecule has 4 nitrogen and oxygen atoms in total. The quantitative estimate of drug-likeness (QED) is 0.802. The van der Waals surface area contributed by atoms with E-state index >= 15 is 0 Å². The van der Waals surface area contributed by atoms with Gasteiger partial charge in [-0.1, -0.05) is 12.1 Å². The smallest absolute Gasteiger partial charge is 0.269 e. The van der Waals surface area contributed by atoms with Gasteiger partial charge in [0.25, 0.3) is 5.56 Å². The summed E-state index contributed by atoms with van der Waals surface area (Å²) in [7, 11) is 0. The second-order valence-electron chi connectivity index (χ2n) is 4.46. The van der Waals surface area contributed by atoms with E-state index in [4.69, 9.17) is 0 Å². The molecule has 1 atom stereocenters. The van der Waals surface area contributed by atoms with Crippen LogP contribution in [0.4, 0.5) is 0 Å². The molecule has 3 rings (SSSR count). The largest absolute Gasteiger partial charge is 0.315 e. The lowest BCUT2D eigenvalue weighted by molar-refractivity contribution is 0.372. The number of nitrogens with zero attached hydrogens (tertiary/aromatic N) is 2. The van der Waals surface area contributed by atoms with E-state index in [1.54, 1.807) is 0 Å². The minimum absolute atomic E-state index is 0.00241. The molecule has 0 amide bonds. The fourth-order valence-corrected chi connectivity index (χ4v) is 2.51. The first-order valence-corrected chi connectivity index (χ1v) is 6.03. The summed E-state index contributed by atoms with van der Waals surface area (Å²) in [6.07, 6.45) is 3.60. The highest BCUT2D eigenvalue weighted by atomic mass is 16.1. The van der Waals surface area contributed by atoms with E-state index in [1.165, 1.54) is 6.20 Å². The van der Waals surface area contributed by atoms with Gasteiger partial charge in [0.05, 0.1) is 17.2 Å². The van der Waals surface area contributed by atoms with Crippen LogP contribution in [0.2, 0.25) is 0 Å². The molecular weight excluding hydrogens is 214 g/mol. The summed E-state index contributed by atoms with van der Waals surface area (Å²) in [5.41, 5.74) is 1.82. The number of aromatic nitrogens is 2. The predicted molar refractivity (Wildman–Crippen MR) is 67.1 cm³/mol. The zero-order valence-electron chi connectivity index (χ0n) is 9.60. The third-order valence-electron chi connectivity index (χ3n) is 3.33. The van der Waals surface area contributed by atoms with Crippen molar-refractivity contribution in [2.75, 3.05) is 13.1 Å². The highest BCUT2D eigenvalue weighted by molar-refractivity contribution is 5.74. The van der Waals surface area contributed by atoms with Gasteiger partial charge < -0.3 is 9.88 Å². The molecule has 0 bridgehead atoms. The minimum Gasteiger partial charge on any atom is -0.315 e. The maximum absolute atomic E-state index is 12.0. The fraction of sp³-hybridized carbons (Fsp3) is 0.385. The lowest BCUT2D eigenvalue weighted by Crippen LogP contribution is -2.36. The molecular formula is C13H15N3O. The molecule has 17 heavy (non-hydrogen) atoms. The van der Waals surface area contributed by atoms with Gasteiger partial charge in [0.1, 0.15) is 0 Å². The standard InChI is InChI=1S/C13H15N3O/c17-13-9-15-11-5-1-2-6-12(11)16(13)10-4-3-7-14-8-10/h1-2,5-6,9-10,14H,3-4,7-8H2. The molecule has 0 spiro atoms. The Morgan fingerprint density at radius 3 is 3.06 bits per heavy atom. The summed E-state index contributed by atoms with van der Waals surface area (Å²) >= 11 is 0. The molecule has 0 radical (unpaired) electrons. The van der Waals surface area contributed by atoms with Crippen molar-refractivity contribution in [1.82, 2.24) is 14.9 Å². The number of nitrogens with one attached hydrogen (secondary N) is 1. The number of fused-ring (bicyclic) bond motifs is 1. The predicted octanol–water partition coefficient (Wildman–Crippen LogP) is 1.32. The Bertz CT molecular complexity index is 584. The van der Waals surface area contributed by atoms with Crippen molar-refractivity contribution in [3.8, 4) is 0 Å². The van der Waals surface area contributed by atoms with Crippen molar-refractivity contribution in [3.05, 3.63) is 40.8 Å². The number of para-hydroxylation sites is 2. The SMILES string of the molecule is O=c1cnc2ccccc2n1C1CCCNC1. The zero-order chi connectivity index (χ0) is 11.7. The van der Waals surface area contributed by atoms with Gasteiger partial charge in [-0.15, -0.1) is 0 Å². The van der Waals surface area contributed by atoms with Crippen molar-refractivity contribution in [2.45, 2.75) is 18.9 Å². The summed E-state index contributed by atoms with van der Waals surface area (Å²) in [6.45, 7) is 1.92. The lowest BCUT2D eigenvalue weighted by Gasteiger charge is -2.25. The van der Waals surface area contributed by atoms with Crippen molar-refractivity contribution in [2.24, 2.45) is 0 Å². The highest BCUT2D eigenvalue weighted by Crippen LogP contribution is 2.19. The monoisotopic (exact) mass is 229 g/mol. The van der Waals surface area contributed by atoms with Gasteiger partial charge in [0.15, 0.2) is 0 Å². The number of hydrogen-bond acceptors (Lipinski definition) is 3. The first kappa shape index (κ1) is 10.5. The molecule has 88 valence electrons. The Morgan fingerprint density at radius 1 is 1.35 bits per heavy atom. The number of hydrogen-bond donors (Lipinski definition) is 1. The summed E-state index contributed by atoms with van der Waals surface area (Å²) < 4.78 is 1.88. The maximum Gasteiger partial charge on any atom is 0.269 e. The van der Waals surface area contributed by atoms with Gasteiger partial charge in [0, 0.05) is 12.6 Å². The number of benzene rings is 1. The van der Waals surface area contributed by atoms with E-state index in [1.807, 2.05) is 28.8 Å². The van der Waals surface area contributed by atoms with Crippen LogP contribution in [-0.4, -0.2) is 22.6 Å². The molecule has 1 fully saturated rings. The van der Waals surface area contributed by atoms with Crippen LogP contribution in [0.1, 0.15) is 18.9 Å². The van der Waals surface area contributed by atoms with Crippen molar-refractivity contribution in [1.29, 1.82) is 0 Å². The molecule has 1 aliphatic heterocycles. The Labute approximate surface area is 99.3 Å². The maximum atomic E-state index is 12.0. The molecule has 1 aromatic heterocycles. The summed E-state index contributed by atoms with van der Waals surface area (Å²) in [5, 5.41) is 3.35. The van der Waals surface area contributed by atoms with Crippen LogP contribution in [0.3, 0.4) is 0 Å². The first-order valence-electron chi connectivity index (χ1n) is 6.03. The van der Waals surface area contributed by atoms with Crippen LogP contribution in [0.25, 0.3) is 11.0 Å². The van der Waals surface area contributed by atoms with Crippen molar-refractivity contribution >= 4 is 11.0 Å². The van der Waals surface area contributed by atoms with Crippen molar-refractivity contribution in [3.63, 3.8) is 0 Å². The molecule has 1 saturated heterocycles. The molecule has 1 aliphatic rings. The van der Waals surface area contributed by atoms with Crippen LogP contribution in [0.5, 0.6) is 0 Å². The van der Waals surface area contributed by atoms with E-state index in [2.05, 4.69) is 10.3 Å². The van der Waals surface area contributed by atoms with E-state index in [0.717, 1.165) is 37.0 Å². The van der Waals surface area contributed by atoms with E-state index in [-0.39, 0.29) is 11.6 Å². The second-order valence-corrected chi connectivity index (χ2v) is 4.46. The van der Waals surface area contributed by atoms with Crippen LogP contribution < -0.4 is 10.9 Å². The van der Waals surface area contributed by atoms with E-state index < -0.39 is 0 Å². The summed E-state index contributed by atoms with van der Waals surface area (Å²) in [4.78, 5) is 16.2. The van der Waals surface area contributed by atoms with E-state index in [0.29, 0.717) is 0 Å². The molecule has 2 aromatic rings. The van der Waals surface area contributed by atoms with Crippen LogP contribution in [0.15, 0.2) is 35.3 Å². The van der Waals surface area contributed by atoms with Crippen LogP contribution >= 0.6 is 0 Å². The van der Waals surface area contributed by atoms with Crippen LogP contribution in [0, 0.1) is 0 Å². The highest BCUT2D eigenvalue weighted by Gasteiger charge is 2.17. The molecule has 1 N–H and O–H groups in total. The fourth-order valence-electron chi connectivity index (χ4n) is 2.51. The average molecular weight is 229 g/mol.